The van der Waals surface area contributed by atoms with Crippen molar-refractivity contribution in [2.75, 3.05) is 5.73 Å². The number of carbonyl (C=O) groups is 4. The summed E-state index contributed by atoms with van der Waals surface area (Å²) in [7, 11) is 0. The second-order valence-electron chi connectivity index (χ2n) is 4.43. The average Bonchev–Trinajstić information content (AvgIpc) is 2.45. The van der Waals surface area contributed by atoms with Crippen LogP contribution in [0.4, 0.5) is 5.69 Å². The first kappa shape index (κ1) is 17.7. The number of rotatable bonds is 7. The Hall–Kier alpha value is -3.36. The molecule has 0 saturated heterocycles. The summed E-state index contributed by atoms with van der Waals surface area (Å²) in [4.78, 5) is 44.6. The van der Waals surface area contributed by atoms with Crippen molar-refractivity contribution < 1.29 is 34.5 Å². The van der Waals surface area contributed by atoms with Crippen LogP contribution >= 0.6 is 0 Å². The lowest BCUT2D eigenvalue weighted by atomic mass is 10.1. The van der Waals surface area contributed by atoms with Crippen molar-refractivity contribution in [2.24, 2.45) is 0 Å². The quantitative estimate of drug-likeness (QED) is 0.350. The summed E-state index contributed by atoms with van der Waals surface area (Å²) in [6, 6.07) is 2.02. The van der Waals surface area contributed by atoms with Crippen molar-refractivity contribution in [1.82, 2.24) is 5.32 Å². The molecule has 0 spiro atoms. The van der Waals surface area contributed by atoms with Gasteiger partial charge in [0.15, 0.2) is 0 Å². The van der Waals surface area contributed by atoms with Crippen LogP contribution in [0.15, 0.2) is 30.4 Å². The summed E-state index contributed by atoms with van der Waals surface area (Å²) in [5, 5.41) is 28.6. The SMILES string of the molecule is Nc1ccc(C(=O)O)c(C(=O)N[C@@H](/C=C/CC(=O)O)C(=O)O)c1. The number of aromatic carboxylic acids is 1. The molecule has 0 aliphatic rings. The Labute approximate surface area is 130 Å². The van der Waals surface area contributed by atoms with E-state index in [1.807, 2.05) is 0 Å². The molecule has 1 amide bonds. The number of anilines is 1. The number of nitrogens with one attached hydrogen (secondary N) is 1. The van der Waals surface area contributed by atoms with E-state index in [1.165, 1.54) is 6.07 Å². The third-order valence-electron chi connectivity index (χ3n) is 2.69. The van der Waals surface area contributed by atoms with Crippen molar-refractivity contribution in [3.8, 4) is 0 Å². The van der Waals surface area contributed by atoms with E-state index in [-0.39, 0.29) is 16.8 Å². The van der Waals surface area contributed by atoms with E-state index in [0.29, 0.717) is 0 Å². The molecule has 1 aromatic rings. The van der Waals surface area contributed by atoms with Gasteiger partial charge in [0.2, 0.25) is 0 Å². The molecule has 1 aromatic carbocycles. The first-order valence-electron chi connectivity index (χ1n) is 6.27. The molecule has 0 aliphatic heterocycles. The fourth-order valence-corrected chi connectivity index (χ4v) is 1.65. The summed E-state index contributed by atoms with van der Waals surface area (Å²) >= 11 is 0. The Kier molecular flexibility index (Phi) is 5.84. The van der Waals surface area contributed by atoms with Crippen molar-refractivity contribution in [2.45, 2.75) is 12.5 Å². The molecule has 122 valence electrons. The Balaban J connectivity index is 3.02. The Bertz CT molecular complexity index is 682. The van der Waals surface area contributed by atoms with E-state index in [2.05, 4.69) is 5.32 Å². The first-order chi connectivity index (χ1) is 10.7. The van der Waals surface area contributed by atoms with Gasteiger partial charge in [-0.3, -0.25) is 9.59 Å². The molecule has 1 atom stereocenters. The van der Waals surface area contributed by atoms with Crippen molar-refractivity contribution in [1.29, 1.82) is 0 Å². The van der Waals surface area contributed by atoms with Gasteiger partial charge < -0.3 is 26.4 Å². The highest BCUT2D eigenvalue weighted by Crippen LogP contribution is 2.14. The second-order valence-corrected chi connectivity index (χ2v) is 4.43. The second kappa shape index (κ2) is 7.59. The van der Waals surface area contributed by atoms with Gasteiger partial charge in [0.25, 0.3) is 5.91 Å². The number of carboxylic acid groups (broad SMARTS) is 3. The molecule has 0 radical (unpaired) electrons. The van der Waals surface area contributed by atoms with Crippen LogP contribution in [-0.2, 0) is 9.59 Å². The van der Waals surface area contributed by atoms with Crippen molar-refractivity contribution in [3.63, 3.8) is 0 Å². The average molecular weight is 322 g/mol. The van der Waals surface area contributed by atoms with Crippen LogP contribution in [0.25, 0.3) is 0 Å². The largest absolute Gasteiger partial charge is 0.481 e. The molecular formula is C14H14N2O7. The van der Waals surface area contributed by atoms with E-state index < -0.39 is 36.3 Å². The van der Waals surface area contributed by atoms with Gasteiger partial charge in [-0.2, -0.15) is 0 Å². The Morgan fingerprint density at radius 1 is 1.13 bits per heavy atom. The highest BCUT2D eigenvalue weighted by atomic mass is 16.4. The molecular weight excluding hydrogens is 308 g/mol. The molecule has 0 bridgehead atoms. The number of hydrogen-bond acceptors (Lipinski definition) is 5. The predicted molar refractivity (Wildman–Crippen MR) is 78.1 cm³/mol. The lowest BCUT2D eigenvalue weighted by Gasteiger charge is -2.12. The Morgan fingerprint density at radius 2 is 1.78 bits per heavy atom. The zero-order chi connectivity index (χ0) is 17.6. The van der Waals surface area contributed by atoms with Gasteiger partial charge in [0.05, 0.1) is 17.5 Å². The molecule has 0 aliphatic carbocycles. The third-order valence-corrected chi connectivity index (χ3v) is 2.69. The van der Waals surface area contributed by atoms with Gasteiger partial charge in [0, 0.05) is 5.69 Å². The zero-order valence-corrected chi connectivity index (χ0v) is 11.7. The van der Waals surface area contributed by atoms with Crippen LogP contribution in [0.3, 0.4) is 0 Å². The number of carboxylic acids is 3. The number of amides is 1. The van der Waals surface area contributed by atoms with E-state index in [0.717, 1.165) is 24.3 Å². The van der Waals surface area contributed by atoms with Crippen molar-refractivity contribution >= 4 is 29.5 Å². The minimum absolute atomic E-state index is 0.133. The maximum Gasteiger partial charge on any atom is 0.336 e. The van der Waals surface area contributed by atoms with Crippen LogP contribution in [0.1, 0.15) is 27.1 Å². The number of benzene rings is 1. The highest BCUT2D eigenvalue weighted by Gasteiger charge is 2.22. The van der Waals surface area contributed by atoms with Crippen LogP contribution in [0, 0.1) is 0 Å². The molecule has 0 aromatic heterocycles. The van der Waals surface area contributed by atoms with Gasteiger partial charge >= 0.3 is 17.9 Å². The summed E-state index contributed by atoms with van der Waals surface area (Å²) in [6.45, 7) is 0. The zero-order valence-electron chi connectivity index (χ0n) is 11.7. The first-order valence-corrected chi connectivity index (χ1v) is 6.27. The summed E-state index contributed by atoms with van der Waals surface area (Å²) in [5.41, 5.74) is 5.00. The van der Waals surface area contributed by atoms with E-state index in [4.69, 9.17) is 21.1 Å². The van der Waals surface area contributed by atoms with Gasteiger partial charge in [-0.1, -0.05) is 12.2 Å². The maximum atomic E-state index is 12.1. The van der Waals surface area contributed by atoms with E-state index >= 15 is 0 Å². The van der Waals surface area contributed by atoms with E-state index in [9.17, 15) is 19.2 Å². The molecule has 9 heteroatoms. The number of hydrogen-bond donors (Lipinski definition) is 5. The summed E-state index contributed by atoms with van der Waals surface area (Å²) in [6.07, 6.45) is 1.64. The van der Waals surface area contributed by atoms with Crippen LogP contribution in [0.2, 0.25) is 0 Å². The monoisotopic (exact) mass is 322 g/mol. The molecule has 0 unspecified atom stereocenters. The maximum absolute atomic E-state index is 12.1. The molecule has 0 fully saturated rings. The molecule has 1 rings (SSSR count). The fraction of sp³-hybridized carbons (Fsp3) is 0.143. The van der Waals surface area contributed by atoms with Crippen molar-refractivity contribution in [3.05, 3.63) is 41.5 Å². The highest BCUT2D eigenvalue weighted by molar-refractivity contribution is 6.06. The number of nitrogen functional groups attached to an aromatic ring is 1. The van der Waals surface area contributed by atoms with Gasteiger partial charge in [0.1, 0.15) is 6.04 Å². The van der Waals surface area contributed by atoms with Gasteiger partial charge in [-0.15, -0.1) is 0 Å². The molecule has 0 heterocycles. The fourth-order valence-electron chi connectivity index (χ4n) is 1.65. The molecule has 0 saturated carbocycles. The minimum atomic E-state index is -1.51. The van der Waals surface area contributed by atoms with Gasteiger partial charge in [-0.05, 0) is 18.2 Å². The van der Waals surface area contributed by atoms with E-state index in [1.54, 1.807) is 0 Å². The van der Waals surface area contributed by atoms with Crippen LogP contribution < -0.4 is 11.1 Å². The molecule has 9 nitrogen and oxygen atoms in total. The Morgan fingerprint density at radius 3 is 2.30 bits per heavy atom. The van der Waals surface area contributed by atoms with Gasteiger partial charge in [-0.25, -0.2) is 9.59 Å². The van der Waals surface area contributed by atoms with Crippen LogP contribution in [0.5, 0.6) is 0 Å². The lowest BCUT2D eigenvalue weighted by molar-refractivity contribution is -0.138. The smallest absolute Gasteiger partial charge is 0.336 e. The third kappa shape index (κ3) is 5.16. The number of nitrogens with two attached hydrogens (primary N) is 1. The molecule has 6 N–H and O–H groups in total. The normalized spacial score (nSPS) is 11.8. The molecule has 23 heavy (non-hydrogen) atoms. The summed E-state index contributed by atoms with van der Waals surface area (Å²) in [5.74, 6) is -4.92. The number of aliphatic carboxylic acids is 2. The number of carbonyl (C=O) groups excluding carboxylic acids is 1. The lowest BCUT2D eigenvalue weighted by Crippen LogP contribution is -2.40. The predicted octanol–water partition coefficient (Wildman–Crippen LogP) is 0.181. The topological polar surface area (TPSA) is 167 Å². The standard InChI is InChI=1S/C14H14N2O7/c15-7-4-5-8(13(20)21)9(6-7)12(19)16-10(14(22)23)2-1-3-11(17)18/h1-2,4-6,10H,3,15H2,(H,16,19)(H,17,18)(H,20,21)(H,22,23)/b2-1+/t10-/m0/s1. The minimum Gasteiger partial charge on any atom is -0.481 e. The summed E-state index contributed by atoms with van der Waals surface area (Å²) < 4.78 is 0. The van der Waals surface area contributed by atoms with Crippen LogP contribution in [-0.4, -0.2) is 45.2 Å².